The molecular weight excluding hydrogens is 287 g/mol. The van der Waals surface area contributed by atoms with E-state index in [2.05, 4.69) is 9.62 Å². The van der Waals surface area contributed by atoms with Gasteiger partial charge in [-0.05, 0) is 30.5 Å². The highest BCUT2D eigenvalue weighted by molar-refractivity contribution is 7.97. The maximum atomic E-state index is 6.15. The lowest BCUT2D eigenvalue weighted by Crippen LogP contribution is -2.28. The summed E-state index contributed by atoms with van der Waals surface area (Å²) >= 11 is 19.4. The van der Waals surface area contributed by atoms with Crippen molar-refractivity contribution in [2.45, 2.75) is 11.3 Å². The van der Waals surface area contributed by atoms with E-state index in [-0.39, 0.29) is 0 Å². The molecule has 88 valence electrons. The summed E-state index contributed by atoms with van der Waals surface area (Å²) in [6.45, 7) is 1.73. The third kappa shape index (κ3) is 2.90. The molecule has 1 aromatic rings. The van der Waals surface area contributed by atoms with Crippen molar-refractivity contribution in [1.29, 1.82) is 0 Å². The molecule has 0 saturated heterocycles. The fraction of sp³-hybridized carbons (Fsp3) is 0.400. The van der Waals surface area contributed by atoms with Crippen molar-refractivity contribution in [3.63, 3.8) is 0 Å². The Morgan fingerprint density at radius 3 is 2.94 bits per heavy atom. The summed E-state index contributed by atoms with van der Waals surface area (Å²) in [6, 6.07) is 3.66. The first-order valence-corrected chi connectivity index (χ1v) is 6.99. The molecule has 0 fully saturated rings. The second-order valence-corrected chi connectivity index (χ2v) is 5.77. The van der Waals surface area contributed by atoms with Gasteiger partial charge in [0.15, 0.2) is 0 Å². The van der Waals surface area contributed by atoms with Gasteiger partial charge in [0.05, 0.1) is 22.3 Å². The van der Waals surface area contributed by atoms with Crippen LogP contribution in [0.5, 0.6) is 0 Å². The van der Waals surface area contributed by atoms with E-state index in [0.717, 1.165) is 30.2 Å². The molecule has 0 spiro atoms. The van der Waals surface area contributed by atoms with Gasteiger partial charge in [0.25, 0.3) is 0 Å². The normalized spacial score (nSPS) is 15.7. The molecule has 6 heteroatoms. The molecule has 2 rings (SSSR count). The molecule has 0 radical (unpaired) electrons. The maximum absolute atomic E-state index is 6.15. The van der Waals surface area contributed by atoms with Crippen LogP contribution >= 0.6 is 46.8 Å². The topological polar surface area (TPSA) is 15.3 Å². The molecule has 1 aromatic carbocycles. The number of alkyl halides is 1. The molecule has 0 bridgehead atoms. The van der Waals surface area contributed by atoms with Crippen LogP contribution in [0.3, 0.4) is 0 Å². The predicted octanol–water partition coefficient (Wildman–Crippen LogP) is 4.31. The Kier molecular flexibility index (Phi) is 4.50. The van der Waals surface area contributed by atoms with E-state index >= 15 is 0 Å². The van der Waals surface area contributed by atoms with Crippen LogP contribution in [-0.4, -0.2) is 23.4 Å². The molecule has 1 aliphatic heterocycles. The van der Waals surface area contributed by atoms with E-state index in [1.807, 2.05) is 6.07 Å². The summed E-state index contributed by atoms with van der Waals surface area (Å²) in [6.07, 6.45) is 0.969. The first-order chi connectivity index (χ1) is 7.70. The lowest BCUT2D eigenvalue weighted by Gasteiger charge is -2.29. The minimum atomic E-state index is 0.658. The van der Waals surface area contributed by atoms with Crippen LogP contribution < -0.4 is 5.32 Å². The standard InChI is InChI=1S/C10H11Cl3N2S/c11-2-1-3-15-6-14-9-5-7(12)4-8(13)10(9)16-15/h4-5,14H,1-3,6H2. The van der Waals surface area contributed by atoms with E-state index in [9.17, 15) is 0 Å². The Bertz CT molecular complexity index is 387. The average molecular weight is 298 g/mol. The number of halogens is 3. The van der Waals surface area contributed by atoms with Crippen molar-refractivity contribution in [3.05, 3.63) is 22.2 Å². The fourth-order valence-corrected chi connectivity index (χ4v) is 3.18. The van der Waals surface area contributed by atoms with Crippen molar-refractivity contribution >= 4 is 52.4 Å². The molecule has 1 aliphatic rings. The minimum Gasteiger partial charge on any atom is -0.370 e. The molecule has 1 N–H and O–H groups in total. The van der Waals surface area contributed by atoms with Crippen molar-refractivity contribution in [1.82, 2.24) is 4.31 Å². The summed E-state index contributed by atoms with van der Waals surface area (Å²) in [5.41, 5.74) is 1.00. The van der Waals surface area contributed by atoms with Gasteiger partial charge in [-0.2, -0.15) is 0 Å². The Morgan fingerprint density at radius 1 is 1.38 bits per heavy atom. The van der Waals surface area contributed by atoms with Gasteiger partial charge in [-0.3, -0.25) is 0 Å². The van der Waals surface area contributed by atoms with Gasteiger partial charge in [-0.15, -0.1) is 11.6 Å². The third-order valence-corrected chi connectivity index (χ3v) is 4.30. The Morgan fingerprint density at radius 2 is 2.19 bits per heavy atom. The quantitative estimate of drug-likeness (QED) is 0.661. The Balaban J connectivity index is 2.14. The second kappa shape index (κ2) is 5.69. The van der Waals surface area contributed by atoms with Gasteiger partial charge < -0.3 is 5.32 Å². The molecule has 0 unspecified atom stereocenters. The predicted molar refractivity (Wildman–Crippen MR) is 72.9 cm³/mol. The molecule has 16 heavy (non-hydrogen) atoms. The van der Waals surface area contributed by atoms with Gasteiger partial charge in [0.2, 0.25) is 0 Å². The number of hydrogen-bond donors (Lipinski definition) is 1. The van der Waals surface area contributed by atoms with Crippen LogP contribution in [0.2, 0.25) is 10.0 Å². The SMILES string of the molecule is ClCCCN1CNc2cc(Cl)cc(Cl)c2S1. The van der Waals surface area contributed by atoms with Gasteiger partial charge in [-0.1, -0.05) is 23.2 Å². The molecule has 2 nitrogen and oxygen atoms in total. The summed E-state index contributed by atoms with van der Waals surface area (Å²) < 4.78 is 2.20. The zero-order valence-corrected chi connectivity index (χ0v) is 11.6. The highest BCUT2D eigenvalue weighted by Crippen LogP contribution is 2.41. The van der Waals surface area contributed by atoms with E-state index in [0.29, 0.717) is 15.9 Å². The van der Waals surface area contributed by atoms with Crippen molar-refractivity contribution in [2.75, 3.05) is 24.4 Å². The Hall–Kier alpha value is 0.200. The van der Waals surface area contributed by atoms with Crippen LogP contribution in [0, 0.1) is 0 Å². The molecule has 0 aliphatic carbocycles. The number of hydrogen-bond acceptors (Lipinski definition) is 3. The first-order valence-electron chi connectivity index (χ1n) is 4.92. The summed E-state index contributed by atoms with van der Waals surface area (Å²) in [5.74, 6) is 0.679. The van der Waals surface area contributed by atoms with Crippen LogP contribution in [-0.2, 0) is 0 Å². The van der Waals surface area contributed by atoms with E-state index in [1.165, 1.54) is 0 Å². The molecule has 0 aromatic heterocycles. The lowest BCUT2D eigenvalue weighted by atomic mass is 10.3. The zero-order chi connectivity index (χ0) is 11.5. The van der Waals surface area contributed by atoms with Gasteiger partial charge in [0.1, 0.15) is 0 Å². The summed E-state index contributed by atoms with van der Waals surface area (Å²) in [4.78, 5) is 1.03. The monoisotopic (exact) mass is 296 g/mol. The first kappa shape index (κ1) is 12.7. The van der Waals surface area contributed by atoms with E-state index in [1.54, 1.807) is 18.0 Å². The summed E-state index contributed by atoms with van der Waals surface area (Å²) in [7, 11) is 0. The van der Waals surface area contributed by atoms with Crippen LogP contribution in [0.4, 0.5) is 5.69 Å². The lowest BCUT2D eigenvalue weighted by molar-refractivity contribution is 0.495. The van der Waals surface area contributed by atoms with Gasteiger partial charge in [0, 0.05) is 17.4 Å². The van der Waals surface area contributed by atoms with E-state index < -0.39 is 0 Å². The van der Waals surface area contributed by atoms with Crippen LogP contribution in [0.15, 0.2) is 17.0 Å². The molecule has 0 amide bonds. The number of anilines is 1. The van der Waals surface area contributed by atoms with Gasteiger partial charge in [-0.25, -0.2) is 4.31 Å². The van der Waals surface area contributed by atoms with Crippen LogP contribution in [0.25, 0.3) is 0 Å². The average Bonchev–Trinajstić information content (AvgIpc) is 2.26. The van der Waals surface area contributed by atoms with Gasteiger partial charge >= 0.3 is 0 Å². The molecule has 0 atom stereocenters. The summed E-state index contributed by atoms with van der Waals surface area (Å²) in [5, 5.41) is 4.65. The second-order valence-electron chi connectivity index (χ2n) is 3.44. The largest absolute Gasteiger partial charge is 0.370 e. The van der Waals surface area contributed by atoms with Crippen molar-refractivity contribution < 1.29 is 0 Å². The van der Waals surface area contributed by atoms with Crippen molar-refractivity contribution in [3.8, 4) is 0 Å². The number of fused-ring (bicyclic) bond motifs is 1. The number of rotatable bonds is 3. The molecule has 0 saturated carbocycles. The highest BCUT2D eigenvalue weighted by Gasteiger charge is 2.19. The highest BCUT2D eigenvalue weighted by atomic mass is 35.5. The van der Waals surface area contributed by atoms with Crippen LogP contribution in [0.1, 0.15) is 6.42 Å². The zero-order valence-electron chi connectivity index (χ0n) is 8.47. The maximum Gasteiger partial charge on any atom is 0.0778 e. The smallest absolute Gasteiger partial charge is 0.0778 e. The Labute approximate surface area is 114 Å². The molecular formula is C10H11Cl3N2S. The number of nitrogens with zero attached hydrogens (tertiary/aromatic N) is 1. The third-order valence-electron chi connectivity index (χ3n) is 2.22. The minimum absolute atomic E-state index is 0.658. The van der Waals surface area contributed by atoms with E-state index in [4.69, 9.17) is 34.8 Å². The number of nitrogens with one attached hydrogen (secondary N) is 1. The molecule has 1 heterocycles. The fourth-order valence-electron chi connectivity index (χ4n) is 1.48. The van der Waals surface area contributed by atoms with Crippen molar-refractivity contribution in [2.24, 2.45) is 0 Å². The number of benzene rings is 1.